The Balaban J connectivity index is 1.61. The van der Waals surface area contributed by atoms with Gasteiger partial charge < -0.3 is 20.1 Å². The van der Waals surface area contributed by atoms with Gasteiger partial charge in [0.25, 0.3) is 5.91 Å². The van der Waals surface area contributed by atoms with Crippen LogP contribution < -0.4 is 10.1 Å². The number of hydrogen-bond donors (Lipinski definition) is 2. The van der Waals surface area contributed by atoms with E-state index in [1.54, 1.807) is 31.2 Å². The Labute approximate surface area is 142 Å². The van der Waals surface area contributed by atoms with E-state index in [2.05, 4.69) is 10.2 Å². The highest BCUT2D eigenvalue weighted by Crippen LogP contribution is 2.16. The first kappa shape index (κ1) is 18.0. The highest BCUT2D eigenvalue weighted by atomic mass is 35.5. The minimum atomic E-state index is -0.540. The lowest BCUT2D eigenvalue weighted by Crippen LogP contribution is -2.39. The number of likely N-dealkylation sites (tertiary alicyclic amines) is 1. The van der Waals surface area contributed by atoms with Crippen molar-refractivity contribution >= 4 is 17.5 Å². The lowest BCUT2D eigenvalue weighted by molar-refractivity contribution is -0.127. The highest BCUT2D eigenvalue weighted by molar-refractivity contribution is 6.30. The zero-order valence-corrected chi connectivity index (χ0v) is 14.3. The molecule has 128 valence electrons. The van der Waals surface area contributed by atoms with E-state index < -0.39 is 6.10 Å². The maximum Gasteiger partial charge on any atom is 0.260 e. The molecule has 23 heavy (non-hydrogen) atoms. The Morgan fingerprint density at radius 3 is 2.70 bits per heavy atom. The maximum absolute atomic E-state index is 12.0. The summed E-state index contributed by atoms with van der Waals surface area (Å²) in [5.41, 5.74) is 0. The molecule has 2 N–H and O–H groups in total. The Morgan fingerprint density at radius 1 is 1.39 bits per heavy atom. The lowest BCUT2D eigenvalue weighted by Gasteiger charge is -2.29. The van der Waals surface area contributed by atoms with Gasteiger partial charge in [-0.3, -0.25) is 4.79 Å². The molecule has 6 heteroatoms. The first-order valence-corrected chi connectivity index (χ1v) is 8.53. The van der Waals surface area contributed by atoms with E-state index in [9.17, 15) is 9.90 Å². The van der Waals surface area contributed by atoms with E-state index in [-0.39, 0.29) is 12.0 Å². The molecule has 1 amide bonds. The summed E-state index contributed by atoms with van der Waals surface area (Å²) in [6.07, 6.45) is 1.91. The standard InChI is InChI=1S/C17H25ClN2O3/c1-13(23-16-5-3-14(18)4-6-16)17(22)19-9-2-10-20-11-7-15(21)8-12-20/h3-6,13,15,21H,2,7-12H2,1H3,(H,19,22). The minimum absolute atomic E-state index is 0.117. The van der Waals surface area contributed by atoms with E-state index in [1.165, 1.54) is 0 Å². The molecule has 1 saturated heterocycles. The minimum Gasteiger partial charge on any atom is -0.481 e. The van der Waals surface area contributed by atoms with Gasteiger partial charge in [0.15, 0.2) is 6.10 Å². The van der Waals surface area contributed by atoms with Crippen molar-refractivity contribution in [2.75, 3.05) is 26.2 Å². The van der Waals surface area contributed by atoms with Crippen LogP contribution in [-0.4, -0.2) is 54.3 Å². The Bertz CT molecular complexity index is 487. The number of ether oxygens (including phenoxy) is 1. The summed E-state index contributed by atoms with van der Waals surface area (Å²) in [5, 5.41) is 13.0. The van der Waals surface area contributed by atoms with Gasteiger partial charge in [0.1, 0.15) is 5.75 Å². The van der Waals surface area contributed by atoms with Crippen molar-refractivity contribution in [1.82, 2.24) is 10.2 Å². The van der Waals surface area contributed by atoms with E-state index in [4.69, 9.17) is 16.3 Å². The van der Waals surface area contributed by atoms with Crippen molar-refractivity contribution < 1.29 is 14.6 Å². The Kier molecular flexibility index (Phi) is 7.15. The van der Waals surface area contributed by atoms with Gasteiger partial charge in [0, 0.05) is 24.7 Å². The SMILES string of the molecule is CC(Oc1ccc(Cl)cc1)C(=O)NCCCN1CCC(O)CC1. The normalized spacial score (nSPS) is 17.7. The Hall–Kier alpha value is -1.30. The molecule has 0 aromatic heterocycles. The monoisotopic (exact) mass is 340 g/mol. The van der Waals surface area contributed by atoms with Gasteiger partial charge in [-0.1, -0.05) is 11.6 Å². The lowest BCUT2D eigenvalue weighted by atomic mass is 10.1. The summed E-state index contributed by atoms with van der Waals surface area (Å²) >= 11 is 5.81. The van der Waals surface area contributed by atoms with Gasteiger partial charge in [0.05, 0.1) is 6.10 Å². The van der Waals surface area contributed by atoms with Gasteiger partial charge >= 0.3 is 0 Å². The van der Waals surface area contributed by atoms with E-state index in [1.807, 2.05) is 0 Å². The molecule has 1 aliphatic rings. The zero-order chi connectivity index (χ0) is 16.7. The predicted octanol–water partition coefficient (Wildman–Crippen LogP) is 2.07. The average Bonchev–Trinajstić information content (AvgIpc) is 2.55. The summed E-state index contributed by atoms with van der Waals surface area (Å²) < 4.78 is 5.58. The molecule has 1 unspecified atom stereocenters. The molecule has 1 atom stereocenters. The third-order valence-corrected chi connectivity index (χ3v) is 4.26. The summed E-state index contributed by atoms with van der Waals surface area (Å²) in [6.45, 7) is 5.18. The number of carbonyl (C=O) groups excluding carboxylic acids is 1. The highest BCUT2D eigenvalue weighted by Gasteiger charge is 2.17. The second-order valence-electron chi connectivity index (χ2n) is 5.93. The summed E-state index contributed by atoms with van der Waals surface area (Å²) in [4.78, 5) is 14.3. The fourth-order valence-electron chi connectivity index (χ4n) is 2.57. The number of rotatable bonds is 7. The molecular weight excluding hydrogens is 316 g/mol. The second-order valence-corrected chi connectivity index (χ2v) is 6.37. The molecule has 0 aliphatic carbocycles. The van der Waals surface area contributed by atoms with Crippen LogP contribution in [0.3, 0.4) is 0 Å². The molecule has 1 aromatic carbocycles. The van der Waals surface area contributed by atoms with Crippen LogP contribution in [-0.2, 0) is 4.79 Å². The van der Waals surface area contributed by atoms with Crippen LogP contribution >= 0.6 is 11.6 Å². The maximum atomic E-state index is 12.0. The number of halogens is 1. The number of nitrogens with zero attached hydrogens (tertiary/aromatic N) is 1. The number of amides is 1. The molecule has 0 spiro atoms. The van der Waals surface area contributed by atoms with Crippen LogP contribution in [0.4, 0.5) is 0 Å². The largest absolute Gasteiger partial charge is 0.481 e. The molecule has 1 fully saturated rings. The number of hydrogen-bond acceptors (Lipinski definition) is 4. The number of benzene rings is 1. The van der Waals surface area contributed by atoms with Crippen LogP contribution in [0.2, 0.25) is 5.02 Å². The molecule has 0 saturated carbocycles. The van der Waals surface area contributed by atoms with Crippen LogP contribution in [0.1, 0.15) is 26.2 Å². The van der Waals surface area contributed by atoms with E-state index in [0.717, 1.165) is 38.9 Å². The molecule has 1 aliphatic heterocycles. The first-order valence-electron chi connectivity index (χ1n) is 8.15. The van der Waals surface area contributed by atoms with Crippen LogP contribution in [0, 0.1) is 0 Å². The van der Waals surface area contributed by atoms with E-state index >= 15 is 0 Å². The number of aliphatic hydroxyl groups excluding tert-OH is 1. The van der Waals surface area contributed by atoms with Gasteiger partial charge in [0.2, 0.25) is 0 Å². The summed E-state index contributed by atoms with van der Waals surface area (Å²) in [5.74, 6) is 0.512. The van der Waals surface area contributed by atoms with Gasteiger partial charge in [-0.25, -0.2) is 0 Å². The summed E-state index contributed by atoms with van der Waals surface area (Å²) in [6, 6.07) is 6.96. The van der Waals surface area contributed by atoms with Crippen molar-refractivity contribution in [3.63, 3.8) is 0 Å². The third kappa shape index (κ3) is 6.37. The Morgan fingerprint density at radius 2 is 2.04 bits per heavy atom. The van der Waals surface area contributed by atoms with Gasteiger partial charge in [-0.15, -0.1) is 0 Å². The molecule has 1 aromatic rings. The molecule has 2 rings (SSSR count). The third-order valence-electron chi connectivity index (χ3n) is 4.00. The number of piperidine rings is 1. The van der Waals surface area contributed by atoms with Crippen molar-refractivity contribution in [2.45, 2.75) is 38.4 Å². The van der Waals surface area contributed by atoms with Gasteiger partial charge in [-0.05, 0) is 57.0 Å². The van der Waals surface area contributed by atoms with E-state index in [0.29, 0.717) is 17.3 Å². The molecular formula is C17H25ClN2O3. The average molecular weight is 341 g/mol. The van der Waals surface area contributed by atoms with Crippen molar-refractivity contribution in [2.24, 2.45) is 0 Å². The molecule has 1 heterocycles. The van der Waals surface area contributed by atoms with Crippen LogP contribution in [0.25, 0.3) is 0 Å². The van der Waals surface area contributed by atoms with Crippen molar-refractivity contribution in [3.05, 3.63) is 29.3 Å². The molecule has 0 bridgehead atoms. The second kappa shape index (κ2) is 9.11. The number of carbonyl (C=O) groups is 1. The predicted molar refractivity (Wildman–Crippen MR) is 90.8 cm³/mol. The van der Waals surface area contributed by atoms with Gasteiger partial charge in [-0.2, -0.15) is 0 Å². The number of aliphatic hydroxyl groups is 1. The number of nitrogens with one attached hydrogen (secondary N) is 1. The van der Waals surface area contributed by atoms with Crippen LogP contribution in [0.5, 0.6) is 5.75 Å². The summed E-state index contributed by atoms with van der Waals surface area (Å²) in [7, 11) is 0. The van der Waals surface area contributed by atoms with Crippen molar-refractivity contribution in [1.29, 1.82) is 0 Å². The molecule has 5 nitrogen and oxygen atoms in total. The molecule has 0 radical (unpaired) electrons. The first-order chi connectivity index (χ1) is 11.0. The fraction of sp³-hybridized carbons (Fsp3) is 0.588. The quantitative estimate of drug-likeness (QED) is 0.746. The zero-order valence-electron chi connectivity index (χ0n) is 13.5. The topological polar surface area (TPSA) is 61.8 Å². The van der Waals surface area contributed by atoms with Crippen LogP contribution in [0.15, 0.2) is 24.3 Å². The fourth-order valence-corrected chi connectivity index (χ4v) is 2.70. The smallest absolute Gasteiger partial charge is 0.260 e. The van der Waals surface area contributed by atoms with Crippen molar-refractivity contribution in [3.8, 4) is 5.75 Å².